The van der Waals surface area contributed by atoms with Gasteiger partial charge in [0.15, 0.2) is 5.96 Å². The van der Waals surface area contributed by atoms with Crippen LogP contribution in [0, 0.1) is 0 Å². The molecule has 0 aliphatic carbocycles. The number of benzene rings is 1. The standard InChI is InChI=1S/C21H35N5O2/c1-2-3-4-5-10-23-21(22)24-17-18-7-6-8-19(16-18)25-20(27)9-11-26-12-14-28-15-13-26/h6-8,16H,2-5,9-15,17H2,1H3,(H,25,27)(H3,22,23,24). The number of unbranched alkanes of at least 4 members (excludes halogenated alkanes) is 3. The SMILES string of the molecule is CCCCCCNC(N)=NCc1cccc(NC(=O)CCN2CCOCC2)c1. The Bertz CT molecular complexity index is 615. The maximum absolute atomic E-state index is 12.2. The van der Waals surface area contributed by atoms with Gasteiger partial charge in [-0.2, -0.15) is 0 Å². The smallest absolute Gasteiger partial charge is 0.225 e. The predicted octanol–water partition coefficient (Wildman–Crippen LogP) is 2.33. The number of aliphatic imine (C=N–C) groups is 1. The van der Waals surface area contributed by atoms with E-state index in [4.69, 9.17) is 10.5 Å². The first-order valence-electron chi connectivity index (χ1n) is 10.4. The van der Waals surface area contributed by atoms with E-state index in [1.165, 1.54) is 19.3 Å². The number of amides is 1. The van der Waals surface area contributed by atoms with Crippen molar-refractivity contribution in [2.24, 2.45) is 10.7 Å². The summed E-state index contributed by atoms with van der Waals surface area (Å²) in [6.07, 6.45) is 5.28. The molecule has 0 aromatic heterocycles. The van der Waals surface area contributed by atoms with E-state index < -0.39 is 0 Å². The van der Waals surface area contributed by atoms with Gasteiger partial charge < -0.3 is 21.1 Å². The molecule has 1 fully saturated rings. The van der Waals surface area contributed by atoms with Gasteiger partial charge in [-0.25, -0.2) is 4.99 Å². The molecule has 1 aromatic rings. The molecule has 0 radical (unpaired) electrons. The molecule has 4 N–H and O–H groups in total. The second-order valence-corrected chi connectivity index (χ2v) is 7.14. The van der Waals surface area contributed by atoms with Crippen LogP contribution in [-0.2, 0) is 16.1 Å². The van der Waals surface area contributed by atoms with Gasteiger partial charge in [0.2, 0.25) is 5.91 Å². The Kier molecular flexibility index (Phi) is 10.4. The van der Waals surface area contributed by atoms with Crippen molar-refractivity contribution in [3.63, 3.8) is 0 Å². The minimum absolute atomic E-state index is 0.0282. The summed E-state index contributed by atoms with van der Waals surface area (Å²) in [7, 11) is 0. The van der Waals surface area contributed by atoms with Crippen molar-refractivity contribution in [1.29, 1.82) is 0 Å². The lowest BCUT2D eigenvalue weighted by molar-refractivity contribution is -0.116. The van der Waals surface area contributed by atoms with Crippen molar-refractivity contribution in [3.8, 4) is 0 Å². The fourth-order valence-corrected chi connectivity index (χ4v) is 3.06. The van der Waals surface area contributed by atoms with Gasteiger partial charge in [-0.15, -0.1) is 0 Å². The molecule has 2 rings (SSSR count). The first kappa shape index (κ1) is 22.2. The third kappa shape index (κ3) is 9.19. The van der Waals surface area contributed by atoms with Crippen LogP contribution in [0.15, 0.2) is 29.3 Å². The van der Waals surface area contributed by atoms with E-state index >= 15 is 0 Å². The Morgan fingerprint density at radius 2 is 2.07 bits per heavy atom. The summed E-state index contributed by atoms with van der Waals surface area (Å²) in [5.41, 5.74) is 7.73. The number of carbonyl (C=O) groups excluding carboxylic acids is 1. The monoisotopic (exact) mass is 389 g/mol. The summed E-state index contributed by atoms with van der Waals surface area (Å²) >= 11 is 0. The Morgan fingerprint density at radius 1 is 1.25 bits per heavy atom. The topological polar surface area (TPSA) is 92.0 Å². The molecule has 156 valence electrons. The lowest BCUT2D eigenvalue weighted by Crippen LogP contribution is -2.38. The molecule has 0 atom stereocenters. The predicted molar refractivity (Wildman–Crippen MR) is 114 cm³/mol. The third-order valence-corrected chi connectivity index (χ3v) is 4.74. The highest BCUT2D eigenvalue weighted by atomic mass is 16.5. The summed E-state index contributed by atoms with van der Waals surface area (Å²) in [4.78, 5) is 18.8. The molecule has 7 nitrogen and oxygen atoms in total. The third-order valence-electron chi connectivity index (χ3n) is 4.74. The van der Waals surface area contributed by atoms with Gasteiger partial charge in [-0.1, -0.05) is 38.3 Å². The number of rotatable bonds is 11. The molecule has 0 spiro atoms. The zero-order valence-corrected chi connectivity index (χ0v) is 17.1. The molecule has 0 saturated carbocycles. The quantitative estimate of drug-likeness (QED) is 0.307. The van der Waals surface area contributed by atoms with E-state index in [-0.39, 0.29) is 5.91 Å². The number of morpholine rings is 1. The summed E-state index contributed by atoms with van der Waals surface area (Å²) in [6, 6.07) is 7.76. The van der Waals surface area contributed by atoms with Crippen LogP contribution in [0.2, 0.25) is 0 Å². The van der Waals surface area contributed by atoms with Gasteiger partial charge in [0.05, 0.1) is 19.8 Å². The number of nitrogens with one attached hydrogen (secondary N) is 2. The Balaban J connectivity index is 1.71. The van der Waals surface area contributed by atoms with E-state index in [0.29, 0.717) is 18.9 Å². The van der Waals surface area contributed by atoms with Crippen molar-refractivity contribution >= 4 is 17.6 Å². The van der Waals surface area contributed by atoms with Crippen LogP contribution in [0.4, 0.5) is 5.69 Å². The highest BCUT2D eigenvalue weighted by Gasteiger charge is 2.12. The van der Waals surface area contributed by atoms with Gasteiger partial charge in [-0.05, 0) is 24.1 Å². The fourth-order valence-electron chi connectivity index (χ4n) is 3.06. The number of nitrogens with zero attached hydrogens (tertiary/aromatic N) is 2. The number of hydrogen-bond acceptors (Lipinski definition) is 4. The number of nitrogens with two attached hydrogens (primary N) is 1. The van der Waals surface area contributed by atoms with Crippen molar-refractivity contribution in [2.45, 2.75) is 45.6 Å². The second kappa shape index (κ2) is 13.1. The van der Waals surface area contributed by atoms with Crippen molar-refractivity contribution < 1.29 is 9.53 Å². The molecule has 1 heterocycles. The number of anilines is 1. The average molecular weight is 390 g/mol. The lowest BCUT2D eigenvalue weighted by atomic mass is 10.2. The number of hydrogen-bond donors (Lipinski definition) is 3. The van der Waals surface area contributed by atoms with Crippen molar-refractivity contribution in [1.82, 2.24) is 10.2 Å². The number of ether oxygens (including phenoxy) is 1. The van der Waals surface area contributed by atoms with Gasteiger partial charge in [0, 0.05) is 38.3 Å². The lowest BCUT2D eigenvalue weighted by Gasteiger charge is -2.26. The van der Waals surface area contributed by atoms with E-state index in [1.54, 1.807) is 0 Å². The molecular formula is C21H35N5O2. The minimum Gasteiger partial charge on any atom is -0.379 e. The molecule has 7 heteroatoms. The van der Waals surface area contributed by atoms with Crippen LogP contribution >= 0.6 is 0 Å². The number of carbonyl (C=O) groups is 1. The molecule has 28 heavy (non-hydrogen) atoms. The minimum atomic E-state index is 0.0282. The van der Waals surface area contributed by atoms with Crippen molar-refractivity contribution in [2.75, 3.05) is 44.7 Å². The highest BCUT2D eigenvalue weighted by Crippen LogP contribution is 2.12. The largest absolute Gasteiger partial charge is 0.379 e. The van der Waals surface area contributed by atoms with Gasteiger partial charge >= 0.3 is 0 Å². The van der Waals surface area contributed by atoms with Crippen LogP contribution in [0.3, 0.4) is 0 Å². The Morgan fingerprint density at radius 3 is 2.86 bits per heavy atom. The fraction of sp³-hybridized carbons (Fsp3) is 0.619. The van der Waals surface area contributed by atoms with Crippen LogP contribution in [0.1, 0.15) is 44.6 Å². The van der Waals surface area contributed by atoms with Crippen molar-refractivity contribution in [3.05, 3.63) is 29.8 Å². The zero-order valence-electron chi connectivity index (χ0n) is 17.1. The molecule has 0 bridgehead atoms. The van der Waals surface area contributed by atoms with Gasteiger partial charge in [0.1, 0.15) is 0 Å². The van der Waals surface area contributed by atoms with E-state index in [2.05, 4.69) is 27.4 Å². The first-order chi connectivity index (χ1) is 13.7. The van der Waals surface area contributed by atoms with Crippen LogP contribution < -0.4 is 16.4 Å². The molecular weight excluding hydrogens is 354 g/mol. The van der Waals surface area contributed by atoms with Crippen LogP contribution in [0.25, 0.3) is 0 Å². The number of guanidine groups is 1. The zero-order chi connectivity index (χ0) is 20.0. The first-order valence-corrected chi connectivity index (χ1v) is 10.4. The molecule has 1 aliphatic rings. The van der Waals surface area contributed by atoms with E-state index in [0.717, 1.165) is 57.1 Å². The maximum Gasteiger partial charge on any atom is 0.225 e. The van der Waals surface area contributed by atoms with E-state index in [1.807, 2.05) is 24.3 Å². The summed E-state index contributed by atoms with van der Waals surface area (Å²) in [6.45, 7) is 7.61. The summed E-state index contributed by atoms with van der Waals surface area (Å²) < 4.78 is 5.33. The Hall–Kier alpha value is -2.12. The molecule has 1 amide bonds. The summed E-state index contributed by atoms with van der Waals surface area (Å²) in [5, 5.41) is 6.12. The molecule has 1 aromatic carbocycles. The van der Waals surface area contributed by atoms with Crippen LogP contribution in [0.5, 0.6) is 0 Å². The van der Waals surface area contributed by atoms with E-state index in [9.17, 15) is 4.79 Å². The van der Waals surface area contributed by atoms with Gasteiger partial charge in [-0.3, -0.25) is 9.69 Å². The summed E-state index contributed by atoms with van der Waals surface area (Å²) in [5.74, 6) is 0.497. The average Bonchev–Trinajstić information content (AvgIpc) is 2.72. The molecule has 1 saturated heterocycles. The second-order valence-electron chi connectivity index (χ2n) is 7.14. The highest BCUT2D eigenvalue weighted by molar-refractivity contribution is 5.90. The van der Waals surface area contributed by atoms with Gasteiger partial charge in [0.25, 0.3) is 0 Å². The normalized spacial score (nSPS) is 15.4. The Labute approximate surface area is 168 Å². The van der Waals surface area contributed by atoms with Crippen LogP contribution in [-0.4, -0.2) is 56.2 Å². The molecule has 0 unspecified atom stereocenters. The maximum atomic E-state index is 12.2. The molecule has 1 aliphatic heterocycles.